The second-order valence-corrected chi connectivity index (χ2v) is 3.94. The van der Waals surface area contributed by atoms with E-state index in [0.717, 1.165) is 11.5 Å². The van der Waals surface area contributed by atoms with E-state index in [4.69, 9.17) is 5.84 Å². The van der Waals surface area contributed by atoms with E-state index in [2.05, 4.69) is 20.4 Å². The number of rotatable bonds is 4. The first-order chi connectivity index (χ1) is 7.79. The zero-order valence-electron chi connectivity index (χ0n) is 8.79. The fraction of sp³-hybridized carbons (Fsp3) is 0.222. The molecule has 0 fully saturated rings. The van der Waals surface area contributed by atoms with E-state index < -0.39 is 0 Å². The van der Waals surface area contributed by atoms with Crippen LogP contribution < -0.4 is 16.2 Å². The molecule has 0 aliphatic carbocycles. The highest BCUT2D eigenvalue weighted by atomic mass is 32.1. The summed E-state index contributed by atoms with van der Waals surface area (Å²) in [5, 5.41) is 2.01. The molecular weight excluding hydrogens is 224 g/mol. The van der Waals surface area contributed by atoms with Crippen LogP contribution in [-0.4, -0.2) is 22.0 Å². The van der Waals surface area contributed by atoms with Crippen LogP contribution in [-0.2, 0) is 6.54 Å². The highest BCUT2D eigenvalue weighted by molar-refractivity contribution is 7.07. The smallest absolute Gasteiger partial charge is 0.239 e. The summed E-state index contributed by atoms with van der Waals surface area (Å²) in [5.41, 5.74) is 5.26. The summed E-state index contributed by atoms with van der Waals surface area (Å²) in [6, 6.07) is 1.83. The van der Waals surface area contributed by atoms with Crippen LogP contribution >= 0.6 is 11.3 Å². The molecule has 2 aromatic heterocycles. The van der Waals surface area contributed by atoms with Crippen molar-refractivity contribution >= 4 is 23.1 Å². The normalized spacial score (nSPS) is 10.1. The largest absolute Gasteiger partial charge is 0.354 e. The van der Waals surface area contributed by atoms with Crippen LogP contribution in [0.1, 0.15) is 5.69 Å². The summed E-state index contributed by atoms with van der Waals surface area (Å²) in [5.74, 6) is 6.46. The molecule has 2 heterocycles. The molecular formula is C9H12N6S. The number of hydrazine groups is 1. The average molecular weight is 236 g/mol. The molecule has 0 saturated carbocycles. The maximum atomic E-state index is 5.25. The molecule has 0 bridgehead atoms. The number of nitrogens with zero attached hydrogens (tertiary/aromatic N) is 4. The molecule has 7 heteroatoms. The average Bonchev–Trinajstić information content (AvgIpc) is 2.82. The Morgan fingerprint density at radius 2 is 2.38 bits per heavy atom. The molecule has 0 saturated heterocycles. The molecule has 3 N–H and O–H groups in total. The molecule has 0 aliphatic rings. The quantitative estimate of drug-likeness (QED) is 0.605. The van der Waals surface area contributed by atoms with Crippen LogP contribution in [0.5, 0.6) is 0 Å². The van der Waals surface area contributed by atoms with Crippen molar-refractivity contribution in [2.75, 3.05) is 17.4 Å². The van der Waals surface area contributed by atoms with Gasteiger partial charge in [-0.3, -0.25) is 5.43 Å². The summed E-state index contributed by atoms with van der Waals surface area (Å²) >= 11 is 1.58. The van der Waals surface area contributed by atoms with Gasteiger partial charge in [-0.25, -0.2) is 15.8 Å². The Morgan fingerprint density at radius 1 is 1.50 bits per heavy atom. The van der Waals surface area contributed by atoms with Crippen molar-refractivity contribution in [3.8, 4) is 0 Å². The number of nitrogens with two attached hydrogens (primary N) is 1. The van der Waals surface area contributed by atoms with Crippen LogP contribution in [0.25, 0.3) is 0 Å². The number of nitrogen functional groups attached to an aromatic ring is 1. The molecule has 0 unspecified atom stereocenters. The van der Waals surface area contributed by atoms with Crippen molar-refractivity contribution < 1.29 is 0 Å². The van der Waals surface area contributed by atoms with Crippen molar-refractivity contribution in [2.45, 2.75) is 6.54 Å². The van der Waals surface area contributed by atoms with Gasteiger partial charge in [0.1, 0.15) is 5.82 Å². The van der Waals surface area contributed by atoms with Gasteiger partial charge in [-0.1, -0.05) is 0 Å². The standard InChI is InChI=1S/C9H12N6S/c1-15(4-7-5-16-6-12-7)8-2-3-11-9(13-8)14-10/h2-3,5-6H,4,10H2,1H3,(H,11,13,14). The van der Waals surface area contributed by atoms with Gasteiger partial charge in [-0.05, 0) is 6.07 Å². The first-order valence-electron chi connectivity index (χ1n) is 4.67. The molecule has 16 heavy (non-hydrogen) atoms. The Balaban J connectivity index is 2.11. The zero-order valence-corrected chi connectivity index (χ0v) is 9.61. The number of anilines is 2. The van der Waals surface area contributed by atoms with Crippen LogP contribution in [0.15, 0.2) is 23.2 Å². The fourth-order valence-electron chi connectivity index (χ4n) is 1.27. The van der Waals surface area contributed by atoms with E-state index in [9.17, 15) is 0 Å². The lowest BCUT2D eigenvalue weighted by molar-refractivity contribution is 0.869. The predicted octanol–water partition coefficient (Wildman–Crippen LogP) is 0.855. The van der Waals surface area contributed by atoms with Crippen LogP contribution in [0, 0.1) is 0 Å². The van der Waals surface area contributed by atoms with Gasteiger partial charge in [-0.15, -0.1) is 11.3 Å². The molecule has 0 atom stereocenters. The minimum Gasteiger partial charge on any atom is -0.354 e. The van der Waals surface area contributed by atoms with E-state index in [0.29, 0.717) is 12.5 Å². The van der Waals surface area contributed by atoms with E-state index in [1.165, 1.54) is 0 Å². The molecule has 0 amide bonds. The second-order valence-electron chi connectivity index (χ2n) is 3.22. The molecule has 84 valence electrons. The Labute approximate surface area is 97.1 Å². The summed E-state index contributed by atoms with van der Waals surface area (Å²) in [4.78, 5) is 14.4. The van der Waals surface area contributed by atoms with Crippen LogP contribution in [0.2, 0.25) is 0 Å². The maximum Gasteiger partial charge on any atom is 0.239 e. The first-order valence-corrected chi connectivity index (χ1v) is 5.61. The van der Waals surface area contributed by atoms with Crippen LogP contribution in [0.3, 0.4) is 0 Å². The molecule has 2 rings (SSSR count). The Bertz CT molecular complexity index is 443. The summed E-state index contributed by atoms with van der Waals surface area (Å²) in [6.07, 6.45) is 1.66. The minimum absolute atomic E-state index is 0.405. The third-order valence-electron chi connectivity index (χ3n) is 2.04. The Morgan fingerprint density at radius 3 is 3.06 bits per heavy atom. The van der Waals surface area contributed by atoms with E-state index in [-0.39, 0.29) is 0 Å². The lowest BCUT2D eigenvalue weighted by Gasteiger charge is -2.16. The molecule has 0 aliphatic heterocycles. The van der Waals surface area contributed by atoms with Gasteiger partial charge in [0.25, 0.3) is 0 Å². The van der Waals surface area contributed by atoms with E-state index in [1.54, 1.807) is 17.5 Å². The first kappa shape index (κ1) is 10.8. The van der Waals surface area contributed by atoms with Crippen molar-refractivity contribution in [3.63, 3.8) is 0 Å². The number of aromatic nitrogens is 3. The van der Waals surface area contributed by atoms with Gasteiger partial charge in [0.15, 0.2) is 0 Å². The second kappa shape index (κ2) is 4.86. The monoisotopic (exact) mass is 236 g/mol. The fourth-order valence-corrected chi connectivity index (χ4v) is 1.82. The van der Waals surface area contributed by atoms with Gasteiger partial charge in [0, 0.05) is 18.6 Å². The molecule has 0 spiro atoms. The van der Waals surface area contributed by atoms with Crippen molar-refractivity contribution in [3.05, 3.63) is 28.8 Å². The van der Waals surface area contributed by atoms with E-state index >= 15 is 0 Å². The highest BCUT2D eigenvalue weighted by Gasteiger charge is 2.05. The third kappa shape index (κ3) is 2.44. The Kier molecular flexibility index (Phi) is 3.28. The third-order valence-corrected chi connectivity index (χ3v) is 2.68. The number of thiazole rings is 1. The predicted molar refractivity (Wildman–Crippen MR) is 64.1 cm³/mol. The maximum absolute atomic E-state index is 5.25. The molecule has 0 radical (unpaired) electrons. The minimum atomic E-state index is 0.405. The van der Waals surface area contributed by atoms with Gasteiger partial charge in [0.05, 0.1) is 17.7 Å². The summed E-state index contributed by atoms with van der Waals surface area (Å²) in [6.45, 7) is 0.713. The van der Waals surface area contributed by atoms with Crippen molar-refractivity contribution in [1.82, 2.24) is 15.0 Å². The SMILES string of the molecule is CN(Cc1cscn1)c1ccnc(NN)n1. The Hall–Kier alpha value is -1.73. The lowest BCUT2D eigenvalue weighted by atomic mass is 10.4. The van der Waals surface area contributed by atoms with E-state index in [1.807, 2.05) is 28.9 Å². The van der Waals surface area contributed by atoms with Crippen molar-refractivity contribution in [1.29, 1.82) is 0 Å². The number of nitrogens with one attached hydrogen (secondary N) is 1. The highest BCUT2D eigenvalue weighted by Crippen LogP contribution is 2.13. The molecule has 2 aromatic rings. The lowest BCUT2D eigenvalue weighted by Crippen LogP contribution is -2.19. The van der Waals surface area contributed by atoms with Gasteiger partial charge in [-0.2, -0.15) is 4.98 Å². The van der Waals surface area contributed by atoms with Gasteiger partial charge < -0.3 is 4.90 Å². The molecule has 6 nitrogen and oxygen atoms in total. The van der Waals surface area contributed by atoms with Gasteiger partial charge in [0.2, 0.25) is 5.95 Å². The number of hydrogen-bond donors (Lipinski definition) is 2. The number of hydrogen-bond acceptors (Lipinski definition) is 7. The molecule has 0 aromatic carbocycles. The summed E-state index contributed by atoms with van der Waals surface area (Å²) in [7, 11) is 1.95. The van der Waals surface area contributed by atoms with Crippen LogP contribution in [0.4, 0.5) is 11.8 Å². The van der Waals surface area contributed by atoms with Crippen molar-refractivity contribution in [2.24, 2.45) is 5.84 Å². The topological polar surface area (TPSA) is 80.0 Å². The zero-order chi connectivity index (χ0) is 11.4. The van der Waals surface area contributed by atoms with Gasteiger partial charge >= 0.3 is 0 Å². The summed E-state index contributed by atoms with van der Waals surface area (Å²) < 4.78 is 0.